The van der Waals surface area contributed by atoms with Gasteiger partial charge in [-0.3, -0.25) is 0 Å². The standard InChI is InChI=1S/C22H22O2S/c1-3-5-18-6-4-7-22(16-18)25(23,24)21-14-12-20(13-15-21)19-10-8-17(2)9-11-19/h4,6-16H,3,5H2,1-2H3. The molecule has 0 aliphatic heterocycles. The van der Waals surface area contributed by atoms with E-state index in [-0.39, 0.29) is 0 Å². The minimum Gasteiger partial charge on any atom is -0.219 e. The predicted molar refractivity (Wildman–Crippen MR) is 103 cm³/mol. The van der Waals surface area contributed by atoms with E-state index in [0.717, 1.165) is 29.5 Å². The molecule has 0 bridgehead atoms. The van der Waals surface area contributed by atoms with Gasteiger partial charge in [0.05, 0.1) is 9.79 Å². The van der Waals surface area contributed by atoms with E-state index in [1.54, 1.807) is 24.3 Å². The van der Waals surface area contributed by atoms with Crippen molar-refractivity contribution >= 4 is 9.84 Å². The normalized spacial score (nSPS) is 11.4. The van der Waals surface area contributed by atoms with E-state index in [0.29, 0.717) is 9.79 Å². The van der Waals surface area contributed by atoms with Gasteiger partial charge < -0.3 is 0 Å². The maximum atomic E-state index is 12.9. The Labute approximate surface area is 150 Å². The minimum absolute atomic E-state index is 0.331. The summed E-state index contributed by atoms with van der Waals surface area (Å²) in [7, 11) is -3.49. The van der Waals surface area contributed by atoms with Crippen molar-refractivity contribution < 1.29 is 8.42 Å². The summed E-state index contributed by atoms with van der Waals surface area (Å²) in [5, 5.41) is 0. The largest absolute Gasteiger partial charge is 0.219 e. The van der Waals surface area contributed by atoms with Gasteiger partial charge in [0.2, 0.25) is 9.84 Å². The van der Waals surface area contributed by atoms with Crippen molar-refractivity contribution in [3.63, 3.8) is 0 Å². The highest BCUT2D eigenvalue weighted by Gasteiger charge is 2.17. The molecule has 0 saturated carbocycles. The Bertz CT molecular complexity index is 954. The third-order valence-corrected chi connectivity index (χ3v) is 6.06. The Hall–Kier alpha value is -2.39. The van der Waals surface area contributed by atoms with Crippen LogP contribution in [-0.4, -0.2) is 8.42 Å². The van der Waals surface area contributed by atoms with Gasteiger partial charge in [0.15, 0.2) is 0 Å². The molecule has 0 N–H and O–H groups in total. The van der Waals surface area contributed by atoms with Gasteiger partial charge in [-0.05, 0) is 54.3 Å². The van der Waals surface area contributed by atoms with Crippen LogP contribution in [0.1, 0.15) is 24.5 Å². The van der Waals surface area contributed by atoms with Gasteiger partial charge in [0.1, 0.15) is 0 Å². The molecule has 3 aromatic rings. The average molecular weight is 350 g/mol. The molecule has 0 unspecified atom stereocenters. The van der Waals surface area contributed by atoms with Crippen molar-refractivity contribution in [2.24, 2.45) is 0 Å². The molecule has 0 aliphatic carbocycles. The van der Waals surface area contributed by atoms with Crippen LogP contribution in [0.15, 0.2) is 82.6 Å². The van der Waals surface area contributed by atoms with Gasteiger partial charge in [0.25, 0.3) is 0 Å². The van der Waals surface area contributed by atoms with E-state index in [1.165, 1.54) is 5.56 Å². The van der Waals surface area contributed by atoms with E-state index in [2.05, 4.69) is 19.1 Å². The molecule has 0 aliphatic rings. The lowest BCUT2D eigenvalue weighted by atomic mass is 10.0. The van der Waals surface area contributed by atoms with Gasteiger partial charge in [-0.1, -0.05) is 67.4 Å². The van der Waals surface area contributed by atoms with Crippen molar-refractivity contribution in [3.05, 3.63) is 83.9 Å². The number of benzene rings is 3. The first-order valence-corrected chi connectivity index (χ1v) is 10.00. The lowest BCUT2D eigenvalue weighted by Gasteiger charge is -2.08. The lowest BCUT2D eigenvalue weighted by Crippen LogP contribution is -2.02. The topological polar surface area (TPSA) is 34.1 Å². The van der Waals surface area contributed by atoms with Gasteiger partial charge in [-0.25, -0.2) is 8.42 Å². The molecule has 0 radical (unpaired) electrons. The van der Waals surface area contributed by atoms with Crippen LogP contribution in [0.25, 0.3) is 11.1 Å². The molecule has 0 spiro atoms. The van der Waals surface area contributed by atoms with Crippen molar-refractivity contribution in [2.45, 2.75) is 36.5 Å². The summed E-state index contributed by atoms with van der Waals surface area (Å²) in [5.74, 6) is 0. The molecule has 0 aromatic heterocycles. The summed E-state index contributed by atoms with van der Waals surface area (Å²) in [4.78, 5) is 0.693. The first kappa shape index (κ1) is 17.4. The second kappa shape index (κ2) is 7.24. The maximum Gasteiger partial charge on any atom is 0.206 e. The predicted octanol–water partition coefficient (Wildman–Crippen LogP) is 5.45. The summed E-state index contributed by atoms with van der Waals surface area (Å²) in [6.07, 6.45) is 1.88. The number of aryl methyl sites for hydroxylation is 2. The quantitative estimate of drug-likeness (QED) is 0.613. The van der Waals surface area contributed by atoms with Crippen LogP contribution in [0, 0.1) is 6.92 Å². The SMILES string of the molecule is CCCc1cccc(S(=O)(=O)c2ccc(-c3ccc(C)cc3)cc2)c1. The third kappa shape index (κ3) is 3.83. The van der Waals surface area contributed by atoms with Crippen LogP contribution < -0.4 is 0 Å². The molecule has 128 valence electrons. The van der Waals surface area contributed by atoms with E-state index >= 15 is 0 Å². The summed E-state index contributed by atoms with van der Waals surface area (Å²) >= 11 is 0. The molecule has 3 rings (SSSR count). The van der Waals surface area contributed by atoms with Crippen LogP contribution in [0.4, 0.5) is 0 Å². The van der Waals surface area contributed by atoms with Gasteiger partial charge in [-0.15, -0.1) is 0 Å². The number of hydrogen-bond donors (Lipinski definition) is 0. The minimum atomic E-state index is -3.49. The molecule has 25 heavy (non-hydrogen) atoms. The average Bonchev–Trinajstić information content (AvgIpc) is 2.63. The zero-order chi connectivity index (χ0) is 17.9. The lowest BCUT2D eigenvalue weighted by molar-refractivity contribution is 0.596. The molecule has 2 nitrogen and oxygen atoms in total. The van der Waals surface area contributed by atoms with Gasteiger partial charge in [-0.2, -0.15) is 0 Å². The van der Waals surface area contributed by atoms with Gasteiger partial charge in [0, 0.05) is 0 Å². The highest BCUT2D eigenvalue weighted by Crippen LogP contribution is 2.26. The van der Waals surface area contributed by atoms with Crippen molar-refractivity contribution in [2.75, 3.05) is 0 Å². The van der Waals surface area contributed by atoms with Crippen molar-refractivity contribution in [3.8, 4) is 11.1 Å². The fourth-order valence-corrected chi connectivity index (χ4v) is 4.20. The fraction of sp³-hybridized carbons (Fsp3) is 0.182. The Balaban J connectivity index is 1.93. The van der Waals surface area contributed by atoms with E-state index < -0.39 is 9.84 Å². The molecule has 3 aromatic carbocycles. The highest BCUT2D eigenvalue weighted by atomic mass is 32.2. The van der Waals surface area contributed by atoms with Crippen molar-refractivity contribution in [1.82, 2.24) is 0 Å². The molecule has 0 amide bonds. The summed E-state index contributed by atoms with van der Waals surface area (Å²) in [6, 6.07) is 22.6. The first-order valence-electron chi connectivity index (χ1n) is 8.52. The van der Waals surface area contributed by atoms with Crippen LogP contribution in [-0.2, 0) is 16.3 Å². The number of sulfone groups is 1. The smallest absolute Gasteiger partial charge is 0.206 e. The first-order chi connectivity index (χ1) is 12.0. The van der Waals surface area contributed by atoms with Crippen LogP contribution >= 0.6 is 0 Å². The number of hydrogen-bond acceptors (Lipinski definition) is 2. The fourth-order valence-electron chi connectivity index (χ4n) is 2.87. The van der Waals surface area contributed by atoms with E-state index in [4.69, 9.17) is 0 Å². The number of rotatable bonds is 5. The summed E-state index contributed by atoms with van der Waals surface area (Å²) < 4.78 is 25.8. The Morgan fingerprint density at radius 1 is 0.760 bits per heavy atom. The van der Waals surface area contributed by atoms with Crippen LogP contribution in [0.5, 0.6) is 0 Å². The van der Waals surface area contributed by atoms with Crippen LogP contribution in [0.3, 0.4) is 0 Å². The molecule has 0 fully saturated rings. The Morgan fingerprint density at radius 3 is 1.96 bits per heavy atom. The van der Waals surface area contributed by atoms with E-state index in [1.807, 2.05) is 43.3 Å². The second-order valence-electron chi connectivity index (χ2n) is 6.29. The van der Waals surface area contributed by atoms with Crippen LogP contribution in [0.2, 0.25) is 0 Å². The molecule has 0 saturated heterocycles. The molecule has 3 heteroatoms. The molecular weight excluding hydrogens is 328 g/mol. The van der Waals surface area contributed by atoms with E-state index in [9.17, 15) is 8.42 Å². The second-order valence-corrected chi connectivity index (χ2v) is 8.24. The zero-order valence-corrected chi connectivity index (χ0v) is 15.4. The molecular formula is C22H22O2S. The Morgan fingerprint density at radius 2 is 1.36 bits per heavy atom. The van der Waals surface area contributed by atoms with Crippen molar-refractivity contribution in [1.29, 1.82) is 0 Å². The summed E-state index contributed by atoms with van der Waals surface area (Å²) in [6.45, 7) is 4.14. The maximum absolute atomic E-state index is 12.9. The zero-order valence-electron chi connectivity index (χ0n) is 14.6. The third-order valence-electron chi connectivity index (χ3n) is 4.30. The van der Waals surface area contributed by atoms with Gasteiger partial charge >= 0.3 is 0 Å². The molecule has 0 heterocycles. The summed E-state index contributed by atoms with van der Waals surface area (Å²) in [5.41, 5.74) is 4.35. The molecule has 0 atom stereocenters. The Kier molecular flexibility index (Phi) is 5.05. The monoisotopic (exact) mass is 350 g/mol. The highest BCUT2D eigenvalue weighted by molar-refractivity contribution is 7.91.